The Kier molecular flexibility index (Phi) is 8.76. The first kappa shape index (κ1) is 30.6. The molecule has 45 heavy (non-hydrogen) atoms. The summed E-state index contributed by atoms with van der Waals surface area (Å²) in [7, 11) is 0. The first-order chi connectivity index (χ1) is 21.6. The van der Waals surface area contributed by atoms with Crippen LogP contribution in [-0.4, -0.2) is 28.0 Å². The van der Waals surface area contributed by atoms with Crippen molar-refractivity contribution in [3.63, 3.8) is 0 Å². The molecule has 232 valence electrons. The summed E-state index contributed by atoms with van der Waals surface area (Å²) in [6.07, 6.45) is 8.86. The summed E-state index contributed by atoms with van der Waals surface area (Å²) in [5, 5.41) is 14.5. The fraction of sp³-hybridized carbons (Fsp3) is 0.324. The van der Waals surface area contributed by atoms with Gasteiger partial charge >= 0.3 is 5.97 Å². The van der Waals surface area contributed by atoms with Crippen molar-refractivity contribution in [2.75, 3.05) is 0 Å². The van der Waals surface area contributed by atoms with Gasteiger partial charge in [-0.15, -0.1) is 11.3 Å². The molecule has 8 heteroatoms. The number of pyridine rings is 1. The number of nitrogens with one attached hydrogen (secondary N) is 1. The van der Waals surface area contributed by atoms with Crippen molar-refractivity contribution in [1.82, 2.24) is 10.3 Å². The minimum absolute atomic E-state index is 0.0604. The van der Waals surface area contributed by atoms with Crippen LogP contribution in [0.15, 0.2) is 83.7 Å². The van der Waals surface area contributed by atoms with Crippen molar-refractivity contribution in [2.45, 2.75) is 70.8 Å². The zero-order valence-corrected chi connectivity index (χ0v) is 26.7. The SMILES string of the molecule is CC(C)(C)c1ccc(Oc2ccc3cc(C(=O)N[C@@H](Cc4ccc(-c5ccoc5)s4)C(=O)O)nc(CC4CCCC4)c3c2)cc1. The normalized spacial score (nSPS) is 14.5. The second-order valence-electron chi connectivity index (χ2n) is 12.9. The Hall–Kier alpha value is -4.43. The Balaban J connectivity index is 1.24. The van der Waals surface area contributed by atoms with E-state index in [4.69, 9.17) is 14.1 Å². The van der Waals surface area contributed by atoms with Gasteiger partial charge in [0.05, 0.1) is 12.5 Å². The number of thiophene rings is 1. The smallest absolute Gasteiger partial charge is 0.326 e. The lowest BCUT2D eigenvalue weighted by Crippen LogP contribution is -2.42. The molecule has 6 rings (SSSR count). The third-order valence-electron chi connectivity index (χ3n) is 8.50. The van der Waals surface area contributed by atoms with Gasteiger partial charge in [-0.3, -0.25) is 4.79 Å². The lowest BCUT2D eigenvalue weighted by molar-refractivity contribution is -0.139. The first-order valence-electron chi connectivity index (χ1n) is 15.5. The highest BCUT2D eigenvalue weighted by Gasteiger charge is 2.25. The third-order valence-corrected chi connectivity index (χ3v) is 9.66. The van der Waals surface area contributed by atoms with E-state index in [1.807, 2.05) is 48.5 Å². The van der Waals surface area contributed by atoms with Crippen molar-refractivity contribution in [1.29, 1.82) is 0 Å². The Morgan fingerprint density at radius 2 is 1.78 bits per heavy atom. The molecule has 7 nitrogen and oxygen atoms in total. The molecule has 1 aliphatic carbocycles. The van der Waals surface area contributed by atoms with Gasteiger partial charge in [-0.2, -0.15) is 0 Å². The Morgan fingerprint density at radius 1 is 1.02 bits per heavy atom. The number of benzene rings is 2. The number of nitrogens with zero attached hydrogens (tertiary/aromatic N) is 1. The van der Waals surface area contributed by atoms with E-state index in [2.05, 4.69) is 38.2 Å². The van der Waals surface area contributed by atoms with Gasteiger partial charge in [0.1, 0.15) is 23.2 Å². The largest absolute Gasteiger partial charge is 0.480 e. The van der Waals surface area contributed by atoms with Crippen LogP contribution >= 0.6 is 11.3 Å². The molecule has 0 spiro atoms. The molecule has 1 atom stereocenters. The zero-order chi connectivity index (χ0) is 31.6. The van der Waals surface area contributed by atoms with Crippen LogP contribution in [0.5, 0.6) is 11.5 Å². The maximum absolute atomic E-state index is 13.5. The van der Waals surface area contributed by atoms with Gasteiger partial charge in [-0.1, -0.05) is 64.7 Å². The second kappa shape index (κ2) is 12.9. The van der Waals surface area contributed by atoms with Gasteiger partial charge in [0, 0.05) is 32.8 Å². The Morgan fingerprint density at radius 3 is 2.47 bits per heavy atom. The number of amides is 1. The number of aromatic nitrogens is 1. The second-order valence-corrected chi connectivity index (χ2v) is 14.1. The van der Waals surface area contributed by atoms with Crippen LogP contribution in [0.4, 0.5) is 0 Å². The van der Waals surface area contributed by atoms with Gasteiger partial charge in [0.2, 0.25) is 0 Å². The number of ether oxygens (including phenoxy) is 1. The number of aliphatic carboxylic acids is 1. The summed E-state index contributed by atoms with van der Waals surface area (Å²) in [6.45, 7) is 6.55. The van der Waals surface area contributed by atoms with Crippen molar-refractivity contribution in [2.24, 2.45) is 5.92 Å². The third kappa shape index (κ3) is 7.28. The van der Waals surface area contributed by atoms with Gasteiger partial charge < -0.3 is 19.6 Å². The van der Waals surface area contributed by atoms with Crippen molar-refractivity contribution in [3.05, 3.63) is 101 Å². The van der Waals surface area contributed by atoms with Crippen LogP contribution in [0.2, 0.25) is 0 Å². The lowest BCUT2D eigenvalue weighted by Gasteiger charge is -2.19. The molecule has 2 N–H and O–H groups in total. The number of furan rings is 1. The Labute approximate surface area is 267 Å². The monoisotopic (exact) mass is 622 g/mol. The summed E-state index contributed by atoms with van der Waals surface area (Å²) in [5.41, 5.74) is 3.29. The molecule has 3 aromatic heterocycles. The van der Waals surface area contributed by atoms with Gasteiger partial charge in [-0.25, -0.2) is 9.78 Å². The molecule has 2 aromatic carbocycles. The first-order valence-corrected chi connectivity index (χ1v) is 16.3. The molecule has 0 bridgehead atoms. The van der Waals surface area contributed by atoms with E-state index in [1.165, 1.54) is 29.7 Å². The standard InChI is InChI=1S/C37H38N2O5S/c1-37(2,3)26-9-12-27(13-10-26)44-28-11-8-24-19-32(38-31(30(24)20-28)18-23-6-4-5-7-23)35(40)39-33(36(41)42)21-29-14-15-34(45-29)25-16-17-43-22-25/h8-17,19-20,22-23,33H,4-7,18,21H2,1-3H3,(H,39,40)(H,41,42)/t33-/m0/s1. The van der Waals surface area contributed by atoms with Crippen molar-refractivity contribution in [3.8, 4) is 21.9 Å². The van der Waals surface area contributed by atoms with Crippen LogP contribution in [0.3, 0.4) is 0 Å². The number of hydrogen-bond acceptors (Lipinski definition) is 6. The number of hydrogen-bond donors (Lipinski definition) is 2. The maximum atomic E-state index is 13.5. The molecule has 1 amide bonds. The summed E-state index contributed by atoms with van der Waals surface area (Å²) in [4.78, 5) is 32.4. The van der Waals surface area contributed by atoms with E-state index in [9.17, 15) is 14.7 Å². The van der Waals surface area contributed by atoms with Gasteiger partial charge in [-0.05, 0) is 77.2 Å². The van der Waals surface area contributed by atoms with E-state index in [1.54, 1.807) is 18.6 Å². The minimum atomic E-state index is -1.09. The fourth-order valence-corrected chi connectivity index (χ4v) is 7.00. The average molecular weight is 623 g/mol. The van der Waals surface area contributed by atoms with Crippen LogP contribution in [0.1, 0.15) is 73.1 Å². The van der Waals surface area contributed by atoms with Crippen LogP contribution in [0.25, 0.3) is 21.2 Å². The van der Waals surface area contributed by atoms with E-state index in [0.29, 0.717) is 11.7 Å². The summed E-state index contributed by atoms with van der Waals surface area (Å²) >= 11 is 1.48. The van der Waals surface area contributed by atoms with E-state index >= 15 is 0 Å². The molecule has 1 aliphatic rings. The molecule has 0 aliphatic heterocycles. The molecule has 0 unspecified atom stereocenters. The summed E-state index contributed by atoms with van der Waals surface area (Å²) in [6, 6.07) is 20.3. The van der Waals surface area contributed by atoms with Crippen molar-refractivity contribution < 1.29 is 23.8 Å². The quantitative estimate of drug-likeness (QED) is 0.161. The highest BCUT2D eigenvalue weighted by atomic mass is 32.1. The number of carboxylic acids is 1. The van der Waals surface area contributed by atoms with E-state index in [-0.39, 0.29) is 17.5 Å². The van der Waals surface area contributed by atoms with E-state index in [0.717, 1.165) is 56.8 Å². The lowest BCUT2D eigenvalue weighted by atomic mass is 9.87. The van der Waals surface area contributed by atoms with Crippen LogP contribution in [-0.2, 0) is 23.1 Å². The predicted molar refractivity (Wildman–Crippen MR) is 177 cm³/mol. The van der Waals surface area contributed by atoms with Crippen LogP contribution < -0.4 is 10.1 Å². The number of carbonyl (C=O) groups is 2. The molecule has 1 fully saturated rings. The number of carboxylic acid groups (broad SMARTS) is 1. The molecule has 0 saturated heterocycles. The summed E-state index contributed by atoms with van der Waals surface area (Å²) in [5.74, 6) is 0.373. The molecule has 1 saturated carbocycles. The molecule has 0 radical (unpaired) electrons. The zero-order valence-electron chi connectivity index (χ0n) is 25.8. The van der Waals surface area contributed by atoms with Gasteiger partial charge in [0.25, 0.3) is 5.91 Å². The van der Waals surface area contributed by atoms with Crippen molar-refractivity contribution >= 4 is 34.0 Å². The number of fused-ring (bicyclic) bond motifs is 1. The topological polar surface area (TPSA) is 102 Å². The van der Waals surface area contributed by atoms with E-state index < -0.39 is 17.9 Å². The highest BCUT2D eigenvalue weighted by molar-refractivity contribution is 7.15. The number of rotatable bonds is 10. The Bertz CT molecular complexity index is 1800. The average Bonchev–Trinajstić information content (AvgIpc) is 3.80. The molecule has 3 heterocycles. The van der Waals surface area contributed by atoms with Crippen LogP contribution in [0, 0.1) is 5.92 Å². The molecular weight excluding hydrogens is 584 g/mol. The summed E-state index contributed by atoms with van der Waals surface area (Å²) < 4.78 is 11.4. The predicted octanol–water partition coefficient (Wildman–Crippen LogP) is 8.80. The van der Waals surface area contributed by atoms with Gasteiger partial charge in [0.15, 0.2) is 0 Å². The molecule has 5 aromatic rings. The number of carbonyl (C=O) groups excluding carboxylic acids is 1. The maximum Gasteiger partial charge on any atom is 0.326 e. The fourth-order valence-electron chi connectivity index (χ4n) is 5.96. The minimum Gasteiger partial charge on any atom is -0.480 e. The highest BCUT2D eigenvalue weighted by Crippen LogP contribution is 2.34. The molecular formula is C37H38N2O5S.